The van der Waals surface area contributed by atoms with Crippen LogP contribution in [0.4, 0.5) is 10.1 Å². The van der Waals surface area contributed by atoms with E-state index in [1.54, 1.807) is 6.07 Å². The normalized spacial score (nSPS) is 19.9. The zero-order valence-electron chi connectivity index (χ0n) is 11.7. The van der Waals surface area contributed by atoms with Crippen LogP contribution in [0.25, 0.3) is 0 Å². The lowest BCUT2D eigenvalue weighted by molar-refractivity contribution is 0.0930. The number of fused-ring (bicyclic) bond motifs is 2. The molecule has 2 N–H and O–H groups in total. The summed E-state index contributed by atoms with van der Waals surface area (Å²) in [5.41, 5.74) is 2.28. The molecule has 4 rings (SSSR count). The van der Waals surface area contributed by atoms with Gasteiger partial charge in [-0.15, -0.1) is 0 Å². The second-order valence-electron chi connectivity index (χ2n) is 5.60. The molecule has 1 aromatic carbocycles. The number of halogens is 2. The molecular weight excluding hydrogens is 307 g/mol. The van der Waals surface area contributed by atoms with Gasteiger partial charge in [-0.25, -0.2) is 4.39 Å². The zero-order chi connectivity index (χ0) is 15.3. The minimum Gasteiger partial charge on any atom is -0.359 e. The van der Waals surface area contributed by atoms with E-state index in [1.807, 2.05) is 10.7 Å². The first-order valence-electron chi connectivity index (χ1n) is 7.25. The summed E-state index contributed by atoms with van der Waals surface area (Å²) in [4.78, 5) is 12.2. The van der Waals surface area contributed by atoms with E-state index < -0.39 is 17.9 Å². The summed E-state index contributed by atoms with van der Waals surface area (Å²) in [5.74, 6) is -1.09. The molecule has 3 heterocycles. The summed E-state index contributed by atoms with van der Waals surface area (Å²) in [6.07, 6.45) is 2.78. The van der Waals surface area contributed by atoms with Gasteiger partial charge in [0.25, 0.3) is 5.91 Å². The van der Waals surface area contributed by atoms with Crippen molar-refractivity contribution in [1.82, 2.24) is 15.1 Å². The Kier molecular flexibility index (Phi) is 3.07. The Labute approximate surface area is 131 Å². The molecule has 1 unspecified atom stereocenters. The fourth-order valence-electron chi connectivity index (χ4n) is 3.04. The number of benzene rings is 1. The number of carbonyl (C=O) groups is 1. The van der Waals surface area contributed by atoms with Gasteiger partial charge < -0.3 is 10.6 Å². The largest absolute Gasteiger partial charge is 0.359 e. The van der Waals surface area contributed by atoms with Gasteiger partial charge in [-0.3, -0.25) is 9.48 Å². The van der Waals surface area contributed by atoms with Crippen molar-refractivity contribution in [3.63, 3.8) is 0 Å². The van der Waals surface area contributed by atoms with E-state index >= 15 is 0 Å². The molecule has 1 aromatic heterocycles. The molecule has 7 heteroatoms. The monoisotopic (exact) mass is 320 g/mol. The van der Waals surface area contributed by atoms with E-state index in [-0.39, 0.29) is 10.6 Å². The highest BCUT2D eigenvalue weighted by Crippen LogP contribution is 2.31. The highest BCUT2D eigenvalue weighted by molar-refractivity contribution is 6.31. The van der Waals surface area contributed by atoms with Gasteiger partial charge in [0.1, 0.15) is 17.7 Å². The molecule has 2 aromatic rings. The predicted molar refractivity (Wildman–Crippen MR) is 80.4 cm³/mol. The van der Waals surface area contributed by atoms with Crippen molar-refractivity contribution in [3.8, 4) is 0 Å². The van der Waals surface area contributed by atoms with Crippen LogP contribution in [0.15, 0.2) is 18.2 Å². The first-order chi connectivity index (χ1) is 10.6. The van der Waals surface area contributed by atoms with Crippen LogP contribution in [0, 0.1) is 5.82 Å². The summed E-state index contributed by atoms with van der Waals surface area (Å²) in [5, 5.41) is 10.6. The van der Waals surface area contributed by atoms with Gasteiger partial charge in [-0.2, -0.15) is 5.10 Å². The van der Waals surface area contributed by atoms with E-state index in [4.69, 9.17) is 11.6 Å². The quantitative estimate of drug-likeness (QED) is 0.849. The fourth-order valence-corrected chi connectivity index (χ4v) is 3.25. The maximum Gasteiger partial charge on any atom is 0.258 e. The lowest BCUT2D eigenvalue weighted by Crippen LogP contribution is -2.39. The molecule has 0 spiro atoms. The number of anilines is 1. The smallest absolute Gasteiger partial charge is 0.258 e. The van der Waals surface area contributed by atoms with Crippen LogP contribution in [-0.2, 0) is 13.0 Å². The molecule has 0 radical (unpaired) electrons. The van der Waals surface area contributed by atoms with Gasteiger partial charge in [0.2, 0.25) is 0 Å². The minimum atomic E-state index is -0.630. The van der Waals surface area contributed by atoms with Crippen LogP contribution in [-0.4, -0.2) is 15.7 Å². The van der Waals surface area contributed by atoms with Crippen molar-refractivity contribution >= 4 is 23.2 Å². The third-order valence-corrected chi connectivity index (χ3v) is 4.31. The summed E-state index contributed by atoms with van der Waals surface area (Å²) < 4.78 is 15.9. The number of nitrogens with zero attached hydrogens (tertiary/aromatic N) is 2. The van der Waals surface area contributed by atoms with Crippen molar-refractivity contribution in [2.45, 2.75) is 32.0 Å². The van der Waals surface area contributed by atoms with Gasteiger partial charge >= 0.3 is 0 Å². The van der Waals surface area contributed by atoms with Crippen molar-refractivity contribution < 1.29 is 9.18 Å². The number of hydrogen-bond donors (Lipinski definition) is 2. The topological polar surface area (TPSA) is 59.0 Å². The number of nitrogens with one attached hydrogen (secondary N) is 2. The second kappa shape index (κ2) is 4.98. The van der Waals surface area contributed by atoms with E-state index in [9.17, 15) is 9.18 Å². The summed E-state index contributed by atoms with van der Waals surface area (Å²) in [7, 11) is 0. The van der Waals surface area contributed by atoms with Crippen molar-refractivity contribution in [1.29, 1.82) is 0 Å². The molecule has 0 bridgehead atoms. The first-order valence-corrected chi connectivity index (χ1v) is 7.63. The fraction of sp³-hybridized carbons (Fsp3) is 0.333. The van der Waals surface area contributed by atoms with E-state index in [0.717, 1.165) is 37.6 Å². The molecule has 0 fully saturated rings. The van der Waals surface area contributed by atoms with Crippen molar-refractivity contribution in [2.75, 3.05) is 5.32 Å². The highest BCUT2D eigenvalue weighted by atomic mass is 35.5. The number of hydrogen-bond acceptors (Lipinski definition) is 3. The van der Waals surface area contributed by atoms with E-state index in [1.165, 1.54) is 5.69 Å². The molecule has 114 valence electrons. The lowest BCUT2D eigenvalue weighted by atomic mass is 10.1. The summed E-state index contributed by atoms with van der Waals surface area (Å²) >= 11 is 5.87. The van der Waals surface area contributed by atoms with Crippen molar-refractivity contribution in [2.24, 2.45) is 0 Å². The summed E-state index contributed by atoms with van der Waals surface area (Å²) in [6.45, 7) is 0.896. The number of aryl methyl sites for hydroxylation is 2. The minimum absolute atomic E-state index is 0.00961. The predicted octanol–water partition coefficient (Wildman–Crippen LogP) is 2.87. The van der Waals surface area contributed by atoms with Crippen LogP contribution in [0.1, 0.15) is 40.8 Å². The number of amides is 1. The lowest BCUT2D eigenvalue weighted by Gasteiger charge is -2.27. The second-order valence-corrected chi connectivity index (χ2v) is 6.04. The number of rotatable bonds is 1. The third kappa shape index (κ3) is 2.14. The molecule has 1 atom stereocenters. The summed E-state index contributed by atoms with van der Waals surface area (Å²) in [6, 6.07) is 4.68. The van der Waals surface area contributed by atoms with Gasteiger partial charge in [0.15, 0.2) is 0 Å². The Morgan fingerprint density at radius 2 is 2.14 bits per heavy atom. The third-order valence-electron chi connectivity index (χ3n) is 4.09. The van der Waals surface area contributed by atoms with Crippen LogP contribution < -0.4 is 10.6 Å². The Hall–Kier alpha value is -2.08. The van der Waals surface area contributed by atoms with Crippen LogP contribution >= 0.6 is 11.6 Å². The molecule has 22 heavy (non-hydrogen) atoms. The Morgan fingerprint density at radius 3 is 2.95 bits per heavy atom. The van der Waals surface area contributed by atoms with Gasteiger partial charge in [-0.1, -0.05) is 11.6 Å². The van der Waals surface area contributed by atoms with Crippen LogP contribution in [0.3, 0.4) is 0 Å². The SMILES string of the molecule is O=C1NC(c2cc3n(n2)CCCC3)Nc2cc(Cl)cc(F)c21. The molecule has 0 aliphatic carbocycles. The molecule has 2 aliphatic rings. The maximum absolute atomic E-state index is 13.9. The maximum atomic E-state index is 13.9. The van der Waals surface area contributed by atoms with Crippen molar-refractivity contribution in [3.05, 3.63) is 46.0 Å². The molecular formula is C15H14ClFN4O. The number of aromatic nitrogens is 2. The Morgan fingerprint density at radius 1 is 1.27 bits per heavy atom. The molecule has 2 aliphatic heterocycles. The van der Waals surface area contributed by atoms with Gasteiger partial charge in [-0.05, 0) is 37.5 Å². The average Bonchev–Trinajstić information content (AvgIpc) is 2.89. The van der Waals surface area contributed by atoms with E-state index in [2.05, 4.69) is 15.7 Å². The molecule has 5 nitrogen and oxygen atoms in total. The highest BCUT2D eigenvalue weighted by Gasteiger charge is 2.30. The first kappa shape index (κ1) is 13.6. The standard InChI is InChI=1S/C15H14ClFN4O/c16-8-5-10(17)13-11(6-8)18-14(19-15(13)22)12-7-9-3-1-2-4-21(9)20-12/h5-7,14,18H,1-4H2,(H,19,22). The average molecular weight is 321 g/mol. The van der Waals surface area contributed by atoms with E-state index in [0.29, 0.717) is 5.69 Å². The van der Waals surface area contributed by atoms with Gasteiger partial charge in [0.05, 0.1) is 11.3 Å². The molecule has 0 saturated heterocycles. The molecule has 0 saturated carbocycles. The van der Waals surface area contributed by atoms with Crippen LogP contribution in [0.5, 0.6) is 0 Å². The van der Waals surface area contributed by atoms with Crippen LogP contribution in [0.2, 0.25) is 5.02 Å². The molecule has 1 amide bonds. The zero-order valence-corrected chi connectivity index (χ0v) is 12.5. The Balaban J connectivity index is 1.70. The Bertz CT molecular complexity index is 750. The number of carbonyl (C=O) groups excluding carboxylic acids is 1. The van der Waals surface area contributed by atoms with Gasteiger partial charge in [0, 0.05) is 17.3 Å².